The first kappa shape index (κ1) is 13.6. The highest BCUT2D eigenvalue weighted by Crippen LogP contribution is 2.29. The molecule has 5 heteroatoms. The number of alkyl halides is 1. The van der Waals surface area contributed by atoms with Gasteiger partial charge in [0.15, 0.2) is 5.75 Å². The third kappa shape index (κ3) is 3.36. The van der Waals surface area contributed by atoms with Crippen LogP contribution in [-0.4, -0.2) is 9.78 Å². The quantitative estimate of drug-likeness (QED) is 0.707. The molecule has 0 saturated heterocycles. The largest absolute Gasteiger partial charge is 0.454 e. The lowest BCUT2D eigenvalue weighted by Gasteiger charge is -2.08. The van der Waals surface area contributed by atoms with Crippen molar-refractivity contribution in [3.05, 3.63) is 40.6 Å². The van der Waals surface area contributed by atoms with Crippen LogP contribution in [-0.2, 0) is 11.9 Å². The van der Waals surface area contributed by atoms with Crippen molar-refractivity contribution in [2.24, 2.45) is 0 Å². The highest BCUT2D eigenvalue weighted by atomic mass is 79.9. The maximum Gasteiger partial charge on any atom is 0.165 e. The molecule has 96 valence electrons. The van der Waals surface area contributed by atoms with E-state index in [1.807, 2.05) is 29.1 Å². The molecule has 2 aromatic rings. The summed E-state index contributed by atoms with van der Waals surface area (Å²) in [6, 6.07) is 5.97. The SMILES string of the molecule is CCCn1cc(Oc2ccc(Br)cc2CBr)cn1. The van der Waals surface area contributed by atoms with Crippen LogP contribution in [0.2, 0.25) is 0 Å². The van der Waals surface area contributed by atoms with E-state index in [0.29, 0.717) is 0 Å². The van der Waals surface area contributed by atoms with Crippen molar-refractivity contribution >= 4 is 31.9 Å². The predicted octanol–water partition coefficient (Wildman–Crippen LogP) is 4.74. The van der Waals surface area contributed by atoms with Gasteiger partial charge < -0.3 is 4.74 Å². The molecule has 0 radical (unpaired) electrons. The Morgan fingerprint density at radius 3 is 2.94 bits per heavy atom. The molecular formula is C13H14Br2N2O. The molecule has 0 atom stereocenters. The van der Waals surface area contributed by atoms with E-state index < -0.39 is 0 Å². The van der Waals surface area contributed by atoms with E-state index in [0.717, 1.165) is 39.8 Å². The molecule has 18 heavy (non-hydrogen) atoms. The van der Waals surface area contributed by atoms with E-state index in [1.54, 1.807) is 6.20 Å². The van der Waals surface area contributed by atoms with Crippen molar-refractivity contribution in [1.82, 2.24) is 9.78 Å². The zero-order valence-corrected chi connectivity index (χ0v) is 13.2. The van der Waals surface area contributed by atoms with Gasteiger partial charge >= 0.3 is 0 Å². The van der Waals surface area contributed by atoms with Crippen molar-refractivity contribution < 1.29 is 4.74 Å². The number of rotatable bonds is 5. The highest BCUT2D eigenvalue weighted by Gasteiger charge is 2.06. The Bertz CT molecular complexity index is 525. The minimum absolute atomic E-state index is 0.755. The second kappa shape index (κ2) is 6.38. The average Bonchev–Trinajstić information content (AvgIpc) is 2.79. The normalized spacial score (nSPS) is 10.6. The summed E-state index contributed by atoms with van der Waals surface area (Å²) in [4.78, 5) is 0. The van der Waals surface area contributed by atoms with Gasteiger partial charge in [-0.1, -0.05) is 38.8 Å². The first-order valence-electron chi connectivity index (χ1n) is 5.77. The average molecular weight is 374 g/mol. The number of aryl methyl sites for hydroxylation is 1. The second-order valence-electron chi connectivity index (χ2n) is 3.93. The minimum atomic E-state index is 0.755. The van der Waals surface area contributed by atoms with Gasteiger partial charge in [0, 0.05) is 21.9 Å². The first-order chi connectivity index (χ1) is 8.72. The van der Waals surface area contributed by atoms with Gasteiger partial charge in [-0.25, -0.2) is 0 Å². The predicted molar refractivity (Wildman–Crippen MR) is 79.4 cm³/mol. The third-order valence-corrected chi connectivity index (χ3v) is 3.55. The molecule has 0 unspecified atom stereocenters. The van der Waals surface area contributed by atoms with E-state index in [4.69, 9.17) is 4.74 Å². The fourth-order valence-electron chi connectivity index (χ4n) is 1.63. The molecule has 1 heterocycles. The van der Waals surface area contributed by atoms with Gasteiger partial charge in [0.2, 0.25) is 0 Å². The maximum absolute atomic E-state index is 5.85. The standard InChI is InChI=1S/C13H14Br2N2O/c1-2-5-17-9-12(8-16-17)18-13-4-3-11(15)6-10(13)7-14/h3-4,6,8-9H,2,5,7H2,1H3. The van der Waals surface area contributed by atoms with Gasteiger partial charge in [-0.2, -0.15) is 5.10 Å². The van der Waals surface area contributed by atoms with Crippen LogP contribution in [0.15, 0.2) is 35.1 Å². The second-order valence-corrected chi connectivity index (χ2v) is 5.40. The van der Waals surface area contributed by atoms with Gasteiger partial charge in [0.25, 0.3) is 0 Å². The fourth-order valence-corrected chi connectivity index (χ4v) is 2.47. The van der Waals surface area contributed by atoms with Crippen LogP contribution in [0.1, 0.15) is 18.9 Å². The molecule has 0 saturated carbocycles. The molecule has 0 spiro atoms. The van der Waals surface area contributed by atoms with Gasteiger partial charge in [-0.15, -0.1) is 0 Å². The molecule has 1 aromatic heterocycles. The molecule has 0 aliphatic carbocycles. The Hall–Kier alpha value is -0.810. The first-order valence-corrected chi connectivity index (χ1v) is 7.69. The molecule has 0 aliphatic heterocycles. The monoisotopic (exact) mass is 372 g/mol. The van der Waals surface area contributed by atoms with Crippen molar-refractivity contribution in [3.8, 4) is 11.5 Å². The molecule has 0 aliphatic rings. The van der Waals surface area contributed by atoms with Crippen molar-refractivity contribution in [2.45, 2.75) is 25.2 Å². The number of nitrogens with zero attached hydrogens (tertiary/aromatic N) is 2. The Kier molecular flexibility index (Phi) is 4.83. The Labute approximate surface area is 123 Å². The summed E-state index contributed by atoms with van der Waals surface area (Å²) < 4.78 is 8.79. The van der Waals surface area contributed by atoms with Crippen LogP contribution in [0.3, 0.4) is 0 Å². The third-order valence-electron chi connectivity index (χ3n) is 2.46. The maximum atomic E-state index is 5.85. The number of halogens is 2. The van der Waals surface area contributed by atoms with Gasteiger partial charge in [-0.3, -0.25) is 4.68 Å². The Morgan fingerprint density at radius 2 is 2.22 bits per heavy atom. The fraction of sp³-hybridized carbons (Fsp3) is 0.308. The van der Waals surface area contributed by atoms with E-state index in [-0.39, 0.29) is 0 Å². The van der Waals surface area contributed by atoms with Crippen LogP contribution >= 0.6 is 31.9 Å². The highest BCUT2D eigenvalue weighted by molar-refractivity contribution is 9.10. The lowest BCUT2D eigenvalue weighted by Crippen LogP contribution is -1.95. The summed E-state index contributed by atoms with van der Waals surface area (Å²) in [6.07, 6.45) is 4.73. The molecular weight excluding hydrogens is 360 g/mol. The van der Waals surface area contributed by atoms with E-state index in [1.165, 1.54) is 0 Å². The van der Waals surface area contributed by atoms with Crippen molar-refractivity contribution in [1.29, 1.82) is 0 Å². The summed E-state index contributed by atoms with van der Waals surface area (Å²) in [6.45, 7) is 3.04. The lowest BCUT2D eigenvalue weighted by atomic mass is 10.2. The van der Waals surface area contributed by atoms with Gasteiger partial charge in [0.05, 0.1) is 12.4 Å². The smallest absolute Gasteiger partial charge is 0.165 e. The lowest BCUT2D eigenvalue weighted by molar-refractivity contribution is 0.476. The zero-order valence-electron chi connectivity index (χ0n) is 10.1. The Morgan fingerprint density at radius 1 is 1.39 bits per heavy atom. The van der Waals surface area contributed by atoms with E-state index >= 15 is 0 Å². The molecule has 0 N–H and O–H groups in total. The van der Waals surface area contributed by atoms with Crippen molar-refractivity contribution in [2.75, 3.05) is 0 Å². The van der Waals surface area contributed by atoms with Crippen LogP contribution < -0.4 is 4.74 Å². The molecule has 0 bridgehead atoms. The topological polar surface area (TPSA) is 27.1 Å². The molecule has 2 rings (SSSR count). The van der Waals surface area contributed by atoms with E-state index in [9.17, 15) is 0 Å². The van der Waals surface area contributed by atoms with E-state index in [2.05, 4.69) is 43.9 Å². The summed E-state index contributed by atoms with van der Waals surface area (Å²) >= 11 is 6.92. The number of benzene rings is 1. The number of aromatic nitrogens is 2. The molecule has 0 amide bonds. The molecule has 1 aromatic carbocycles. The van der Waals surface area contributed by atoms with Gasteiger partial charge in [-0.05, 0) is 24.6 Å². The number of hydrogen-bond donors (Lipinski definition) is 0. The molecule has 0 fully saturated rings. The summed E-state index contributed by atoms with van der Waals surface area (Å²) in [5.41, 5.74) is 1.10. The van der Waals surface area contributed by atoms with Crippen LogP contribution in [0.4, 0.5) is 0 Å². The zero-order chi connectivity index (χ0) is 13.0. The number of hydrogen-bond acceptors (Lipinski definition) is 2. The summed E-state index contributed by atoms with van der Waals surface area (Å²) in [5, 5.41) is 5.00. The van der Waals surface area contributed by atoms with Crippen molar-refractivity contribution in [3.63, 3.8) is 0 Å². The minimum Gasteiger partial charge on any atom is -0.454 e. The van der Waals surface area contributed by atoms with Crippen LogP contribution in [0, 0.1) is 0 Å². The molecule has 3 nitrogen and oxygen atoms in total. The Balaban J connectivity index is 2.17. The van der Waals surface area contributed by atoms with Crippen LogP contribution in [0.25, 0.3) is 0 Å². The van der Waals surface area contributed by atoms with Crippen LogP contribution in [0.5, 0.6) is 11.5 Å². The summed E-state index contributed by atoms with van der Waals surface area (Å²) in [7, 11) is 0. The number of ether oxygens (including phenoxy) is 1. The van der Waals surface area contributed by atoms with Gasteiger partial charge in [0.1, 0.15) is 5.75 Å². The summed E-state index contributed by atoms with van der Waals surface area (Å²) in [5.74, 6) is 1.62.